The van der Waals surface area contributed by atoms with Crippen molar-refractivity contribution in [3.05, 3.63) is 70.0 Å². The van der Waals surface area contributed by atoms with Crippen LogP contribution in [0.25, 0.3) is 5.69 Å². The van der Waals surface area contributed by atoms with Crippen molar-refractivity contribution in [3.63, 3.8) is 0 Å². The fourth-order valence-electron chi connectivity index (χ4n) is 4.37. The molecule has 1 amide bonds. The van der Waals surface area contributed by atoms with Crippen LogP contribution in [-0.4, -0.2) is 35.6 Å². The molecule has 1 fully saturated rings. The van der Waals surface area contributed by atoms with E-state index in [1.807, 2.05) is 48.0 Å². The normalized spacial score (nSPS) is 15.2. The predicted octanol–water partition coefficient (Wildman–Crippen LogP) is 4.38. The highest BCUT2D eigenvalue weighted by Crippen LogP contribution is 2.34. The average molecular weight is 489 g/mol. The van der Waals surface area contributed by atoms with Crippen LogP contribution in [0.1, 0.15) is 45.9 Å². The molecule has 2 aliphatic rings. The lowest BCUT2D eigenvalue weighted by Gasteiger charge is -2.25. The lowest BCUT2D eigenvalue weighted by atomic mass is 9.91. The number of carbonyl (C=O) groups excluding carboxylic acids is 1. The Kier molecular flexibility index (Phi) is 7.12. The van der Waals surface area contributed by atoms with E-state index < -0.39 is 0 Å². The minimum Gasteiger partial charge on any atom is -0.454 e. The number of benzene rings is 2. The molecule has 2 aromatic carbocycles. The van der Waals surface area contributed by atoms with Gasteiger partial charge in [0.25, 0.3) is 5.91 Å². The number of nitrogens with zero attached hydrogens (tertiary/aromatic N) is 2. The molecule has 3 heterocycles. The summed E-state index contributed by atoms with van der Waals surface area (Å²) in [6.07, 6.45) is 3.58. The lowest BCUT2D eigenvalue weighted by Crippen LogP contribution is -2.30. The topological polar surface area (TPSA) is 77.4 Å². The van der Waals surface area contributed by atoms with E-state index in [1.54, 1.807) is 6.20 Å². The second-order valence-electron chi connectivity index (χ2n) is 8.13. The van der Waals surface area contributed by atoms with E-state index in [0.717, 1.165) is 54.2 Å². The molecule has 0 bridgehead atoms. The van der Waals surface area contributed by atoms with E-state index in [0.29, 0.717) is 22.9 Å². The molecule has 9 heteroatoms. The van der Waals surface area contributed by atoms with E-state index in [9.17, 15) is 4.79 Å². The summed E-state index contributed by atoms with van der Waals surface area (Å²) in [5, 5.41) is 11.8. The molecule has 2 aliphatic heterocycles. The van der Waals surface area contributed by atoms with Gasteiger partial charge in [0.05, 0.1) is 23.1 Å². The minimum absolute atomic E-state index is 0. The number of nitrogens with one attached hydrogen (secondary N) is 2. The number of fused-ring (bicyclic) bond motifs is 1. The molecule has 0 spiro atoms. The summed E-state index contributed by atoms with van der Waals surface area (Å²) in [6, 6.07) is 11.5. The van der Waals surface area contributed by atoms with Crippen LogP contribution in [0.3, 0.4) is 0 Å². The van der Waals surface area contributed by atoms with Crippen molar-refractivity contribution in [1.82, 2.24) is 20.4 Å². The van der Waals surface area contributed by atoms with Crippen molar-refractivity contribution < 1.29 is 14.3 Å². The van der Waals surface area contributed by atoms with Crippen molar-refractivity contribution in [2.75, 3.05) is 19.9 Å². The molecule has 0 unspecified atom stereocenters. The van der Waals surface area contributed by atoms with Crippen LogP contribution in [0.15, 0.2) is 42.6 Å². The van der Waals surface area contributed by atoms with Crippen LogP contribution < -0.4 is 20.1 Å². The van der Waals surface area contributed by atoms with Crippen LogP contribution in [0.2, 0.25) is 5.02 Å². The summed E-state index contributed by atoms with van der Waals surface area (Å²) in [5.41, 5.74) is 4.35. The first-order chi connectivity index (χ1) is 15.6. The third-order valence-corrected chi connectivity index (χ3v) is 6.54. The Hall–Kier alpha value is -2.74. The highest BCUT2D eigenvalue weighted by Gasteiger charge is 2.27. The summed E-state index contributed by atoms with van der Waals surface area (Å²) >= 11 is 6.38. The quantitative estimate of drug-likeness (QED) is 0.556. The molecule has 5 rings (SSSR count). The van der Waals surface area contributed by atoms with Crippen LogP contribution in [0, 0.1) is 6.92 Å². The number of ether oxygens (including phenoxy) is 2. The highest BCUT2D eigenvalue weighted by atomic mass is 35.5. The highest BCUT2D eigenvalue weighted by molar-refractivity contribution is 6.31. The van der Waals surface area contributed by atoms with E-state index >= 15 is 0 Å². The van der Waals surface area contributed by atoms with E-state index in [4.69, 9.17) is 21.1 Å². The van der Waals surface area contributed by atoms with Gasteiger partial charge < -0.3 is 20.1 Å². The number of aromatic nitrogens is 2. The molecule has 0 saturated carbocycles. The molecule has 2 N–H and O–H groups in total. The van der Waals surface area contributed by atoms with Gasteiger partial charge >= 0.3 is 0 Å². The van der Waals surface area contributed by atoms with Gasteiger partial charge in [-0.05, 0) is 68.2 Å². The fraction of sp³-hybridized carbons (Fsp3) is 0.333. The van der Waals surface area contributed by atoms with Gasteiger partial charge in [0.1, 0.15) is 0 Å². The third-order valence-electron chi connectivity index (χ3n) is 6.13. The average Bonchev–Trinajstić information content (AvgIpc) is 3.47. The summed E-state index contributed by atoms with van der Waals surface area (Å²) in [6.45, 7) is 4.44. The number of hydrogen-bond acceptors (Lipinski definition) is 5. The number of hydrogen-bond donors (Lipinski definition) is 2. The molecule has 1 saturated heterocycles. The second-order valence-corrected chi connectivity index (χ2v) is 8.54. The van der Waals surface area contributed by atoms with E-state index in [1.165, 1.54) is 0 Å². The largest absolute Gasteiger partial charge is 0.454 e. The van der Waals surface area contributed by atoms with Crippen molar-refractivity contribution in [3.8, 4) is 17.2 Å². The van der Waals surface area contributed by atoms with Crippen molar-refractivity contribution in [2.45, 2.75) is 32.2 Å². The molecule has 33 heavy (non-hydrogen) atoms. The lowest BCUT2D eigenvalue weighted by molar-refractivity contribution is 0.0949. The molecular formula is C24H26Cl2N4O3. The summed E-state index contributed by atoms with van der Waals surface area (Å²) < 4.78 is 12.7. The maximum atomic E-state index is 13.2. The van der Waals surface area contributed by atoms with Crippen molar-refractivity contribution >= 4 is 29.9 Å². The minimum atomic E-state index is -0.137. The first-order valence-electron chi connectivity index (χ1n) is 10.8. The molecule has 7 nitrogen and oxygen atoms in total. The zero-order valence-electron chi connectivity index (χ0n) is 18.3. The van der Waals surface area contributed by atoms with Crippen molar-refractivity contribution in [2.24, 2.45) is 0 Å². The van der Waals surface area contributed by atoms with Gasteiger partial charge in [-0.3, -0.25) is 4.79 Å². The number of rotatable bonds is 5. The van der Waals surface area contributed by atoms with Gasteiger partial charge in [-0.15, -0.1) is 12.4 Å². The Morgan fingerprint density at radius 1 is 1.21 bits per heavy atom. The second kappa shape index (κ2) is 10.0. The van der Waals surface area contributed by atoms with Gasteiger partial charge in [0.15, 0.2) is 11.5 Å². The van der Waals surface area contributed by atoms with Crippen LogP contribution in [0.5, 0.6) is 11.5 Å². The van der Waals surface area contributed by atoms with Crippen LogP contribution in [-0.2, 0) is 6.54 Å². The number of halogens is 2. The van der Waals surface area contributed by atoms with Gasteiger partial charge in [-0.2, -0.15) is 5.10 Å². The van der Waals surface area contributed by atoms with Crippen molar-refractivity contribution in [1.29, 1.82) is 0 Å². The summed E-state index contributed by atoms with van der Waals surface area (Å²) in [5.74, 6) is 1.54. The van der Waals surface area contributed by atoms with Gasteiger partial charge in [0, 0.05) is 17.5 Å². The zero-order valence-corrected chi connectivity index (χ0v) is 19.8. The third kappa shape index (κ3) is 4.67. The first kappa shape index (κ1) is 23.4. The Bertz CT molecular complexity index is 1160. The number of piperidine rings is 1. The van der Waals surface area contributed by atoms with Crippen LogP contribution >= 0.6 is 24.0 Å². The SMILES string of the molecule is Cc1c(Cl)cccc1-n1ncc(C(=O)NCc2ccc3c(c2)OCO3)c1C1CCNCC1.Cl. The maximum Gasteiger partial charge on any atom is 0.255 e. The summed E-state index contributed by atoms with van der Waals surface area (Å²) in [4.78, 5) is 13.2. The Labute approximate surface area is 203 Å². The van der Waals surface area contributed by atoms with Crippen LogP contribution in [0.4, 0.5) is 0 Å². The Morgan fingerprint density at radius 3 is 2.82 bits per heavy atom. The van der Waals surface area contributed by atoms with Gasteiger partial charge in [0.2, 0.25) is 6.79 Å². The Morgan fingerprint density at radius 2 is 2.00 bits per heavy atom. The zero-order chi connectivity index (χ0) is 22.1. The van der Waals surface area contributed by atoms with Gasteiger partial charge in [-0.1, -0.05) is 23.7 Å². The molecule has 0 aliphatic carbocycles. The molecule has 1 aromatic heterocycles. The molecule has 0 radical (unpaired) electrons. The maximum absolute atomic E-state index is 13.2. The van der Waals surface area contributed by atoms with Gasteiger partial charge in [-0.25, -0.2) is 4.68 Å². The molecule has 0 atom stereocenters. The number of carbonyl (C=O) groups is 1. The number of amides is 1. The monoisotopic (exact) mass is 488 g/mol. The predicted molar refractivity (Wildman–Crippen MR) is 129 cm³/mol. The fourth-order valence-corrected chi connectivity index (χ4v) is 4.54. The summed E-state index contributed by atoms with van der Waals surface area (Å²) in [7, 11) is 0. The van der Waals surface area contributed by atoms with E-state index in [-0.39, 0.29) is 31.0 Å². The smallest absolute Gasteiger partial charge is 0.255 e. The standard InChI is InChI=1S/C24H25ClN4O3.ClH/c1-15-19(25)3-2-4-20(15)29-23(17-7-9-26-10-8-17)18(13-28-29)24(30)27-12-16-5-6-21-22(11-16)32-14-31-21;/h2-6,11,13,17,26H,7-10,12,14H2,1H3,(H,27,30);1H. The molecule has 174 valence electrons. The molecular weight excluding hydrogens is 463 g/mol. The first-order valence-corrected chi connectivity index (χ1v) is 11.2. The van der Waals surface area contributed by atoms with E-state index in [2.05, 4.69) is 15.7 Å². The molecule has 3 aromatic rings. The Balaban J connectivity index is 0.00000259.